The van der Waals surface area contributed by atoms with Gasteiger partial charge in [0.15, 0.2) is 6.61 Å². The predicted molar refractivity (Wildman–Crippen MR) is 95.2 cm³/mol. The highest BCUT2D eigenvalue weighted by Gasteiger charge is 2.12. The molecule has 0 aliphatic rings. The van der Waals surface area contributed by atoms with E-state index >= 15 is 0 Å². The minimum absolute atomic E-state index is 0.129. The highest BCUT2D eigenvalue weighted by molar-refractivity contribution is 9.10. The maximum absolute atomic E-state index is 11.7. The molecule has 6 nitrogen and oxygen atoms in total. The second kappa shape index (κ2) is 9.29. The number of carbonyl (C=O) groups excluding carboxylic acids is 2. The number of ether oxygens (including phenoxy) is 1. The van der Waals surface area contributed by atoms with Crippen LogP contribution in [0.2, 0.25) is 0 Å². The number of pyridine rings is 1. The van der Waals surface area contributed by atoms with Gasteiger partial charge in [0.2, 0.25) is 0 Å². The number of amides is 1. The molecule has 8 heteroatoms. The van der Waals surface area contributed by atoms with Crippen LogP contribution in [0.3, 0.4) is 0 Å². The minimum Gasteiger partial charge on any atom is -0.452 e. The standard InChI is InChI=1S/C16H15BrN2O4S/c17-11-3-5-12(6-4-11)24-9-8-18-14(20)10-23-16(22)13-2-1-7-19-15(13)21/h1-7H,8-10H2,(H,18,20)(H,19,21). The summed E-state index contributed by atoms with van der Waals surface area (Å²) in [5.41, 5.74) is -0.676. The van der Waals surface area contributed by atoms with E-state index < -0.39 is 24.0 Å². The van der Waals surface area contributed by atoms with Crippen LogP contribution in [-0.4, -0.2) is 35.8 Å². The van der Waals surface area contributed by atoms with Gasteiger partial charge < -0.3 is 15.0 Å². The first-order chi connectivity index (χ1) is 11.6. The van der Waals surface area contributed by atoms with Gasteiger partial charge in [-0.15, -0.1) is 11.8 Å². The lowest BCUT2D eigenvalue weighted by Crippen LogP contribution is -2.31. The first kappa shape index (κ1) is 18.3. The summed E-state index contributed by atoms with van der Waals surface area (Å²) >= 11 is 4.97. The Morgan fingerprint density at radius 3 is 2.67 bits per heavy atom. The molecule has 1 aromatic heterocycles. The van der Waals surface area contributed by atoms with E-state index in [1.807, 2.05) is 24.3 Å². The minimum atomic E-state index is -0.823. The van der Waals surface area contributed by atoms with E-state index in [9.17, 15) is 14.4 Å². The molecule has 0 fully saturated rings. The van der Waals surface area contributed by atoms with E-state index in [0.717, 1.165) is 9.37 Å². The summed E-state index contributed by atoms with van der Waals surface area (Å²) in [6.45, 7) is 0.0269. The lowest BCUT2D eigenvalue weighted by atomic mass is 10.3. The zero-order valence-corrected chi connectivity index (χ0v) is 15.0. The van der Waals surface area contributed by atoms with Crippen molar-refractivity contribution >= 4 is 39.6 Å². The summed E-state index contributed by atoms with van der Waals surface area (Å²) in [5.74, 6) is -0.539. The van der Waals surface area contributed by atoms with Crippen LogP contribution in [0, 0.1) is 0 Å². The van der Waals surface area contributed by atoms with E-state index in [-0.39, 0.29) is 5.56 Å². The van der Waals surface area contributed by atoms with Crippen LogP contribution in [0.1, 0.15) is 10.4 Å². The highest BCUT2D eigenvalue weighted by Crippen LogP contribution is 2.19. The van der Waals surface area contributed by atoms with Gasteiger partial charge in [-0.1, -0.05) is 15.9 Å². The second-order valence-corrected chi connectivity index (χ2v) is 6.73. The molecule has 0 saturated heterocycles. The molecule has 1 aromatic carbocycles. The van der Waals surface area contributed by atoms with Crippen molar-refractivity contribution in [1.82, 2.24) is 10.3 Å². The number of thioether (sulfide) groups is 1. The first-order valence-electron chi connectivity index (χ1n) is 7.06. The number of halogens is 1. The summed E-state index contributed by atoms with van der Waals surface area (Å²) in [6, 6.07) is 10.7. The van der Waals surface area contributed by atoms with Gasteiger partial charge in [0.25, 0.3) is 11.5 Å². The van der Waals surface area contributed by atoms with Gasteiger partial charge in [0.05, 0.1) is 0 Å². The van der Waals surface area contributed by atoms with E-state index in [1.165, 1.54) is 18.3 Å². The average Bonchev–Trinajstić information content (AvgIpc) is 2.58. The number of nitrogens with one attached hydrogen (secondary N) is 2. The van der Waals surface area contributed by atoms with Gasteiger partial charge in [-0.2, -0.15) is 0 Å². The molecule has 0 atom stereocenters. The van der Waals surface area contributed by atoms with Crippen LogP contribution in [0.15, 0.2) is 56.8 Å². The maximum Gasteiger partial charge on any atom is 0.344 e. The van der Waals surface area contributed by atoms with Gasteiger partial charge in [0.1, 0.15) is 5.56 Å². The number of hydrogen-bond donors (Lipinski definition) is 2. The molecule has 2 rings (SSSR count). The number of hydrogen-bond acceptors (Lipinski definition) is 5. The Morgan fingerprint density at radius 1 is 1.21 bits per heavy atom. The molecule has 2 aromatic rings. The normalized spacial score (nSPS) is 10.2. The summed E-state index contributed by atoms with van der Waals surface area (Å²) in [4.78, 5) is 38.2. The Kier molecular flexibility index (Phi) is 7.07. The topological polar surface area (TPSA) is 88.3 Å². The van der Waals surface area contributed by atoms with E-state index in [0.29, 0.717) is 12.3 Å². The molecule has 0 spiro atoms. The number of carbonyl (C=O) groups is 2. The van der Waals surface area contributed by atoms with Crippen molar-refractivity contribution in [2.45, 2.75) is 4.90 Å². The van der Waals surface area contributed by atoms with Crippen LogP contribution >= 0.6 is 27.7 Å². The van der Waals surface area contributed by atoms with Crippen LogP contribution in [0.25, 0.3) is 0 Å². The molecule has 126 valence electrons. The maximum atomic E-state index is 11.7. The van der Waals surface area contributed by atoms with E-state index in [1.54, 1.807) is 11.8 Å². The molecule has 0 bridgehead atoms. The zero-order chi connectivity index (χ0) is 17.4. The summed E-state index contributed by atoms with van der Waals surface area (Å²) in [6.07, 6.45) is 1.41. The number of aromatic nitrogens is 1. The smallest absolute Gasteiger partial charge is 0.344 e. The van der Waals surface area contributed by atoms with Gasteiger partial charge in [-0.25, -0.2) is 4.79 Å². The van der Waals surface area contributed by atoms with E-state index in [4.69, 9.17) is 4.74 Å². The number of aromatic amines is 1. The third-order valence-electron chi connectivity index (χ3n) is 2.88. The second-order valence-electron chi connectivity index (χ2n) is 4.64. The van der Waals surface area contributed by atoms with E-state index in [2.05, 4.69) is 26.2 Å². The summed E-state index contributed by atoms with van der Waals surface area (Å²) in [7, 11) is 0. The fourth-order valence-electron chi connectivity index (χ4n) is 1.73. The van der Waals surface area contributed by atoms with Gasteiger partial charge in [0, 0.05) is 27.9 Å². The molecule has 2 N–H and O–H groups in total. The number of benzene rings is 1. The van der Waals surface area contributed by atoms with Crippen LogP contribution in [-0.2, 0) is 9.53 Å². The summed E-state index contributed by atoms with van der Waals surface area (Å²) < 4.78 is 5.83. The molecule has 0 unspecified atom stereocenters. The summed E-state index contributed by atoms with van der Waals surface area (Å²) in [5, 5.41) is 2.65. The Hall–Kier alpha value is -2.06. The van der Waals surface area contributed by atoms with Crippen molar-refractivity contribution < 1.29 is 14.3 Å². The van der Waals surface area contributed by atoms with Gasteiger partial charge >= 0.3 is 5.97 Å². The van der Waals surface area contributed by atoms with Crippen molar-refractivity contribution in [3.8, 4) is 0 Å². The molecule has 0 radical (unpaired) electrons. The van der Waals surface area contributed by atoms with Crippen LogP contribution in [0.5, 0.6) is 0 Å². The van der Waals surface area contributed by atoms with Crippen molar-refractivity contribution in [1.29, 1.82) is 0 Å². The number of esters is 1. The highest BCUT2D eigenvalue weighted by atomic mass is 79.9. The predicted octanol–water partition coefficient (Wildman–Crippen LogP) is 2.20. The molecule has 1 heterocycles. The Morgan fingerprint density at radius 2 is 1.96 bits per heavy atom. The zero-order valence-electron chi connectivity index (χ0n) is 12.6. The Labute approximate surface area is 151 Å². The third-order valence-corrected chi connectivity index (χ3v) is 4.42. The molecule has 24 heavy (non-hydrogen) atoms. The lowest BCUT2D eigenvalue weighted by molar-refractivity contribution is -0.124. The van der Waals surface area contributed by atoms with Crippen molar-refractivity contribution in [2.75, 3.05) is 18.9 Å². The molecule has 0 aliphatic heterocycles. The van der Waals surface area contributed by atoms with Gasteiger partial charge in [-0.3, -0.25) is 9.59 Å². The molecule has 1 amide bonds. The fourth-order valence-corrected chi connectivity index (χ4v) is 2.77. The van der Waals surface area contributed by atoms with Gasteiger partial charge in [-0.05, 0) is 36.4 Å². The molecular weight excluding hydrogens is 396 g/mol. The van der Waals surface area contributed by atoms with Crippen molar-refractivity contribution in [3.63, 3.8) is 0 Å². The largest absolute Gasteiger partial charge is 0.452 e. The van der Waals surface area contributed by atoms with Crippen LogP contribution in [0.4, 0.5) is 0 Å². The van der Waals surface area contributed by atoms with Crippen molar-refractivity contribution in [3.05, 3.63) is 63.0 Å². The first-order valence-corrected chi connectivity index (χ1v) is 8.84. The lowest BCUT2D eigenvalue weighted by Gasteiger charge is -2.06. The molecule has 0 saturated carbocycles. The van der Waals surface area contributed by atoms with Crippen LogP contribution < -0.4 is 10.9 Å². The Balaban J connectivity index is 1.66. The quantitative estimate of drug-likeness (QED) is 0.414. The Bertz CT molecular complexity index is 761. The SMILES string of the molecule is O=C(COC(=O)c1ccc[nH]c1=O)NCCSc1ccc(Br)cc1. The number of H-pyrrole nitrogens is 1. The average molecular weight is 411 g/mol. The van der Waals surface area contributed by atoms with Crippen molar-refractivity contribution in [2.24, 2.45) is 0 Å². The number of rotatable bonds is 7. The molecule has 0 aliphatic carbocycles. The molecular formula is C16H15BrN2O4S. The third kappa shape index (κ3) is 5.86. The fraction of sp³-hybridized carbons (Fsp3) is 0.188. The monoisotopic (exact) mass is 410 g/mol.